The van der Waals surface area contributed by atoms with Crippen molar-refractivity contribution in [1.82, 2.24) is 0 Å². The lowest BCUT2D eigenvalue weighted by molar-refractivity contribution is -0.0866. The first-order valence-corrected chi connectivity index (χ1v) is 7.64. The Morgan fingerprint density at radius 3 is 2.21 bits per heavy atom. The summed E-state index contributed by atoms with van der Waals surface area (Å²) in [6.07, 6.45) is 3.29. The maximum atomic E-state index is 11.4. The second-order valence-corrected chi connectivity index (χ2v) is 7.04. The van der Waals surface area contributed by atoms with Crippen molar-refractivity contribution in [3.63, 3.8) is 0 Å². The van der Waals surface area contributed by atoms with Gasteiger partial charge in [-0.2, -0.15) is 0 Å². The first-order chi connectivity index (χ1) is 8.83. The zero-order valence-electron chi connectivity index (χ0n) is 13.0. The molecule has 1 saturated carbocycles. The average Bonchev–Trinajstić information content (AvgIpc) is 2.26. The first-order valence-electron chi connectivity index (χ1n) is 7.64. The van der Waals surface area contributed by atoms with Crippen molar-refractivity contribution < 1.29 is 5.11 Å². The highest BCUT2D eigenvalue weighted by molar-refractivity contribution is 5.33. The summed E-state index contributed by atoms with van der Waals surface area (Å²) in [4.78, 5) is 0. The van der Waals surface area contributed by atoms with Gasteiger partial charge >= 0.3 is 0 Å². The van der Waals surface area contributed by atoms with Gasteiger partial charge in [-0.1, -0.05) is 56.5 Å². The van der Waals surface area contributed by atoms with E-state index >= 15 is 0 Å². The standard InChI is InChI=1S/C18H28O/c1-12(2)17-7-6-13(3)11-18(17,19)16-9-14(4)8-15(5)10-16/h8-10,12-13,17,19H,6-7,11H2,1-5H3. The number of aliphatic hydroxyl groups is 1. The molecule has 3 atom stereocenters. The molecule has 1 heteroatoms. The Labute approximate surface area is 118 Å². The van der Waals surface area contributed by atoms with Crippen LogP contribution in [0.5, 0.6) is 0 Å². The Hall–Kier alpha value is -0.820. The van der Waals surface area contributed by atoms with Gasteiger partial charge < -0.3 is 5.11 Å². The maximum Gasteiger partial charge on any atom is 0.0929 e. The van der Waals surface area contributed by atoms with Gasteiger partial charge in [-0.25, -0.2) is 0 Å². The third-order valence-corrected chi connectivity index (χ3v) is 4.77. The Bertz CT molecular complexity index is 429. The molecule has 1 aromatic rings. The number of benzene rings is 1. The number of rotatable bonds is 2. The van der Waals surface area contributed by atoms with E-state index in [-0.39, 0.29) is 0 Å². The van der Waals surface area contributed by atoms with Crippen LogP contribution in [0.25, 0.3) is 0 Å². The second-order valence-electron chi connectivity index (χ2n) is 7.04. The third-order valence-electron chi connectivity index (χ3n) is 4.77. The summed E-state index contributed by atoms with van der Waals surface area (Å²) in [6.45, 7) is 11.0. The Balaban J connectivity index is 2.45. The van der Waals surface area contributed by atoms with Crippen LogP contribution in [0.3, 0.4) is 0 Å². The minimum Gasteiger partial charge on any atom is -0.385 e. The monoisotopic (exact) mass is 260 g/mol. The summed E-state index contributed by atoms with van der Waals surface area (Å²) in [7, 11) is 0. The minimum absolute atomic E-state index is 0.380. The SMILES string of the molecule is Cc1cc(C)cc(C2(O)CC(C)CCC2C(C)C)c1. The van der Waals surface area contributed by atoms with Crippen LogP contribution in [0.2, 0.25) is 0 Å². The summed E-state index contributed by atoms with van der Waals surface area (Å²) < 4.78 is 0. The van der Waals surface area contributed by atoms with E-state index < -0.39 is 5.60 Å². The maximum absolute atomic E-state index is 11.4. The van der Waals surface area contributed by atoms with Gasteiger partial charge in [-0.05, 0) is 50.0 Å². The fraction of sp³-hybridized carbons (Fsp3) is 0.667. The highest BCUT2D eigenvalue weighted by Gasteiger charge is 2.44. The van der Waals surface area contributed by atoms with Crippen LogP contribution in [-0.4, -0.2) is 5.11 Å². The molecule has 0 aromatic heterocycles. The summed E-state index contributed by atoms with van der Waals surface area (Å²) in [5, 5.41) is 11.4. The van der Waals surface area contributed by atoms with Crippen LogP contribution in [-0.2, 0) is 5.60 Å². The largest absolute Gasteiger partial charge is 0.385 e. The normalized spacial score (nSPS) is 31.7. The van der Waals surface area contributed by atoms with Crippen molar-refractivity contribution in [3.8, 4) is 0 Å². The quantitative estimate of drug-likeness (QED) is 0.825. The molecule has 0 bridgehead atoms. The molecule has 1 N–H and O–H groups in total. The highest BCUT2D eigenvalue weighted by Crippen LogP contribution is 2.47. The molecular formula is C18H28O. The molecule has 0 saturated heterocycles. The minimum atomic E-state index is -0.636. The predicted octanol–water partition coefficient (Wildman–Crippen LogP) is 4.58. The van der Waals surface area contributed by atoms with Gasteiger partial charge in [0.15, 0.2) is 0 Å². The van der Waals surface area contributed by atoms with Crippen LogP contribution in [0.4, 0.5) is 0 Å². The van der Waals surface area contributed by atoms with E-state index in [0.29, 0.717) is 17.8 Å². The lowest BCUT2D eigenvalue weighted by Gasteiger charge is -2.45. The van der Waals surface area contributed by atoms with Crippen LogP contribution in [0, 0.1) is 31.6 Å². The van der Waals surface area contributed by atoms with Gasteiger partial charge in [0, 0.05) is 0 Å². The van der Waals surface area contributed by atoms with E-state index in [1.165, 1.54) is 17.5 Å². The van der Waals surface area contributed by atoms with Crippen molar-refractivity contribution in [3.05, 3.63) is 34.9 Å². The molecule has 0 spiro atoms. The summed E-state index contributed by atoms with van der Waals surface area (Å²) in [6, 6.07) is 6.55. The van der Waals surface area contributed by atoms with Crippen LogP contribution >= 0.6 is 0 Å². The number of hydrogen-bond donors (Lipinski definition) is 1. The van der Waals surface area contributed by atoms with Crippen LogP contribution in [0.15, 0.2) is 18.2 Å². The van der Waals surface area contributed by atoms with Gasteiger partial charge in [0.25, 0.3) is 0 Å². The van der Waals surface area contributed by atoms with E-state index in [4.69, 9.17) is 0 Å². The topological polar surface area (TPSA) is 20.2 Å². The first kappa shape index (κ1) is 14.6. The van der Waals surface area contributed by atoms with E-state index in [2.05, 4.69) is 52.8 Å². The molecule has 3 unspecified atom stereocenters. The fourth-order valence-electron chi connectivity index (χ4n) is 3.93. The van der Waals surface area contributed by atoms with Gasteiger partial charge in [0.05, 0.1) is 5.60 Å². The molecule has 19 heavy (non-hydrogen) atoms. The highest BCUT2D eigenvalue weighted by atomic mass is 16.3. The molecule has 106 valence electrons. The number of aryl methyl sites for hydroxylation is 2. The fourth-order valence-corrected chi connectivity index (χ4v) is 3.93. The Morgan fingerprint density at radius 2 is 1.68 bits per heavy atom. The van der Waals surface area contributed by atoms with Gasteiger partial charge in [-0.3, -0.25) is 0 Å². The van der Waals surface area contributed by atoms with Crippen molar-refractivity contribution in [2.45, 2.75) is 59.5 Å². The van der Waals surface area contributed by atoms with Gasteiger partial charge in [0.1, 0.15) is 0 Å². The summed E-state index contributed by atoms with van der Waals surface area (Å²) in [5.74, 6) is 1.52. The zero-order valence-corrected chi connectivity index (χ0v) is 13.0. The lowest BCUT2D eigenvalue weighted by Crippen LogP contribution is -2.43. The van der Waals surface area contributed by atoms with Crippen molar-refractivity contribution >= 4 is 0 Å². The van der Waals surface area contributed by atoms with Crippen LogP contribution < -0.4 is 0 Å². The van der Waals surface area contributed by atoms with Crippen molar-refractivity contribution in [2.75, 3.05) is 0 Å². The number of hydrogen-bond acceptors (Lipinski definition) is 1. The van der Waals surface area contributed by atoms with E-state index in [1.54, 1.807) is 0 Å². The van der Waals surface area contributed by atoms with Crippen LogP contribution in [0.1, 0.15) is 56.7 Å². The average molecular weight is 260 g/mol. The smallest absolute Gasteiger partial charge is 0.0929 e. The lowest BCUT2D eigenvalue weighted by atomic mass is 9.64. The molecule has 0 heterocycles. The Kier molecular flexibility index (Phi) is 4.06. The molecule has 0 radical (unpaired) electrons. The summed E-state index contributed by atoms with van der Waals surface area (Å²) >= 11 is 0. The predicted molar refractivity (Wildman–Crippen MR) is 81.2 cm³/mol. The molecule has 1 aromatic carbocycles. The van der Waals surface area contributed by atoms with Gasteiger partial charge in [-0.15, -0.1) is 0 Å². The zero-order chi connectivity index (χ0) is 14.2. The second kappa shape index (κ2) is 5.28. The summed E-state index contributed by atoms with van der Waals surface area (Å²) in [5.41, 5.74) is 3.01. The molecule has 0 aliphatic heterocycles. The van der Waals surface area contributed by atoms with E-state index in [9.17, 15) is 5.11 Å². The molecular weight excluding hydrogens is 232 g/mol. The van der Waals surface area contributed by atoms with Crippen molar-refractivity contribution in [1.29, 1.82) is 0 Å². The molecule has 1 fully saturated rings. The molecule has 2 rings (SSSR count). The molecule has 1 aliphatic rings. The molecule has 0 amide bonds. The Morgan fingerprint density at radius 1 is 1.11 bits per heavy atom. The van der Waals surface area contributed by atoms with Gasteiger partial charge in [0.2, 0.25) is 0 Å². The van der Waals surface area contributed by atoms with E-state index in [1.807, 2.05) is 0 Å². The molecule has 1 aliphatic carbocycles. The third kappa shape index (κ3) is 2.86. The van der Waals surface area contributed by atoms with E-state index in [0.717, 1.165) is 18.4 Å². The van der Waals surface area contributed by atoms with Crippen molar-refractivity contribution in [2.24, 2.45) is 17.8 Å². The molecule has 1 nitrogen and oxygen atoms in total.